The second kappa shape index (κ2) is 10.8. The van der Waals surface area contributed by atoms with E-state index < -0.39 is 6.10 Å². The fourth-order valence-corrected chi connectivity index (χ4v) is 2.03. The van der Waals surface area contributed by atoms with Gasteiger partial charge in [-0.2, -0.15) is 0 Å². The molecule has 5 nitrogen and oxygen atoms in total. The van der Waals surface area contributed by atoms with E-state index in [1.54, 1.807) is 0 Å². The van der Waals surface area contributed by atoms with Gasteiger partial charge >= 0.3 is 0 Å². The van der Waals surface area contributed by atoms with Crippen molar-refractivity contribution in [2.45, 2.75) is 25.5 Å². The molecule has 0 bridgehead atoms. The molecule has 1 aliphatic rings. The number of halogens is 1. The fraction of sp³-hybridized carbons (Fsp3) is 0.588. The van der Waals surface area contributed by atoms with Gasteiger partial charge in [0.1, 0.15) is 0 Å². The van der Waals surface area contributed by atoms with E-state index in [0.717, 1.165) is 24.0 Å². The molecule has 1 fully saturated rings. The maximum atomic E-state index is 9.94. The van der Waals surface area contributed by atoms with Gasteiger partial charge in [0.15, 0.2) is 5.96 Å². The molecule has 23 heavy (non-hydrogen) atoms. The number of aliphatic hydroxyl groups is 1. The number of nitrogens with zero attached hydrogens (tertiary/aromatic N) is 2. The van der Waals surface area contributed by atoms with E-state index in [1.807, 2.05) is 37.2 Å². The number of hydrogen-bond acceptors (Lipinski definition) is 3. The normalized spacial score (nSPS) is 15.7. The van der Waals surface area contributed by atoms with Crippen LogP contribution in [0.3, 0.4) is 0 Å². The minimum Gasteiger partial charge on any atom is -0.389 e. The molecule has 2 N–H and O–H groups in total. The van der Waals surface area contributed by atoms with Crippen LogP contribution in [0.15, 0.2) is 35.3 Å². The molecule has 1 atom stereocenters. The number of ether oxygens (including phenoxy) is 1. The molecule has 1 saturated carbocycles. The molecule has 1 aromatic carbocycles. The van der Waals surface area contributed by atoms with E-state index in [9.17, 15) is 5.11 Å². The van der Waals surface area contributed by atoms with Crippen LogP contribution in [0, 0.1) is 5.92 Å². The van der Waals surface area contributed by atoms with Crippen LogP contribution in [0.1, 0.15) is 18.4 Å². The quantitative estimate of drug-likeness (QED) is 0.375. The van der Waals surface area contributed by atoms with Crippen LogP contribution in [0.2, 0.25) is 0 Å². The summed E-state index contributed by atoms with van der Waals surface area (Å²) in [5, 5.41) is 13.1. The van der Waals surface area contributed by atoms with E-state index in [-0.39, 0.29) is 24.0 Å². The van der Waals surface area contributed by atoms with Crippen LogP contribution in [0.4, 0.5) is 0 Å². The third kappa shape index (κ3) is 8.53. The Morgan fingerprint density at radius 1 is 1.35 bits per heavy atom. The molecular formula is C17H28IN3O2. The lowest BCUT2D eigenvalue weighted by molar-refractivity contribution is 0.0343. The van der Waals surface area contributed by atoms with Gasteiger partial charge in [0, 0.05) is 27.2 Å². The standard InChI is InChI=1S/C17H27N3O2.HI/c1-20(2)17(18-10-14-6-4-3-5-7-14)19-11-16(21)13-22-12-15-8-9-15;/h3-7,15-16,21H,8-13H2,1-2H3,(H,18,19);1H. The van der Waals surface area contributed by atoms with Crippen molar-refractivity contribution in [3.8, 4) is 0 Å². The first-order chi connectivity index (χ1) is 10.6. The summed E-state index contributed by atoms with van der Waals surface area (Å²) in [6, 6.07) is 10.1. The summed E-state index contributed by atoms with van der Waals surface area (Å²) in [4.78, 5) is 6.48. The Morgan fingerprint density at radius 3 is 2.65 bits per heavy atom. The van der Waals surface area contributed by atoms with Crippen LogP contribution in [0.25, 0.3) is 0 Å². The summed E-state index contributed by atoms with van der Waals surface area (Å²) < 4.78 is 5.50. The number of rotatable bonds is 8. The maximum Gasteiger partial charge on any atom is 0.193 e. The third-order valence-corrected chi connectivity index (χ3v) is 3.53. The van der Waals surface area contributed by atoms with Crippen molar-refractivity contribution in [3.63, 3.8) is 0 Å². The molecule has 130 valence electrons. The highest BCUT2D eigenvalue weighted by atomic mass is 127. The van der Waals surface area contributed by atoms with Crippen molar-refractivity contribution in [2.24, 2.45) is 10.9 Å². The molecular weight excluding hydrogens is 405 g/mol. The molecule has 6 heteroatoms. The Hall–Kier alpha value is -0.860. The highest BCUT2D eigenvalue weighted by molar-refractivity contribution is 14.0. The van der Waals surface area contributed by atoms with Crippen molar-refractivity contribution in [3.05, 3.63) is 35.9 Å². The third-order valence-electron chi connectivity index (χ3n) is 3.53. The van der Waals surface area contributed by atoms with Crippen molar-refractivity contribution in [1.29, 1.82) is 0 Å². The highest BCUT2D eigenvalue weighted by Gasteiger charge is 2.21. The molecule has 0 spiro atoms. The van der Waals surface area contributed by atoms with E-state index in [1.165, 1.54) is 12.8 Å². The Balaban J connectivity index is 0.00000264. The minimum absolute atomic E-state index is 0. The summed E-state index contributed by atoms with van der Waals surface area (Å²) >= 11 is 0. The second-order valence-corrected chi connectivity index (χ2v) is 6.04. The first kappa shape index (κ1) is 20.2. The van der Waals surface area contributed by atoms with Gasteiger partial charge in [-0.1, -0.05) is 30.3 Å². The topological polar surface area (TPSA) is 57.1 Å². The average Bonchev–Trinajstić information content (AvgIpc) is 3.32. The van der Waals surface area contributed by atoms with Gasteiger partial charge in [0.25, 0.3) is 0 Å². The highest BCUT2D eigenvalue weighted by Crippen LogP contribution is 2.28. The van der Waals surface area contributed by atoms with Gasteiger partial charge in [0.05, 0.1) is 19.3 Å². The number of aliphatic hydroxyl groups excluding tert-OH is 1. The summed E-state index contributed by atoms with van der Waals surface area (Å²) in [7, 11) is 3.87. The van der Waals surface area contributed by atoms with Crippen molar-refractivity contribution in [1.82, 2.24) is 10.2 Å². The minimum atomic E-state index is -0.513. The Labute approximate surface area is 156 Å². The van der Waals surface area contributed by atoms with Crippen LogP contribution < -0.4 is 5.32 Å². The second-order valence-electron chi connectivity index (χ2n) is 6.04. The predicted molar refractivity (Wildman–Crippen MR) is 104 cm³/mol. The van der Waals surface area contributed by atoms with Gasteiger partial charge < -0.3 is 20.1 Å². The fourth-order valence-electron chi connectivity index (χ4n) is 2.03. The number of benzene rings is 1. The molecule has 1 unspecified atom stereocenters. The largest absolute Gasteiger partial charge is 0.389 e. The first-order valence-corrected chi connectivity index (χ1v) is 7.90. The van der Waals surface area contributed by atoms with E-state index in [4.69, 9.17) is 4.74 Å². The molecule has 0 aromatic heterocycles. The van der Waals surface area contributed by atoms with E-state index in [2.05, 4.69) is 22.4 Å². The monoisotopic (exact) mass is 433 g/mol. The molecule has 1 aliphatic carbocycles. The maximum absolute atomic E-state index is 9.94. The molecule has 0 heterocycles. The molecule has 1 aromatic rings. The SMILES string of the molecule is CN(C)C(=NCc1ccccc1)NCC(O)COCC1CC1.I. The summed E-state index contributed by atoms with van der Waals surface area (Å²) in [6.45, 7) is 2.22. The molecule has 2 rings (SSSR count). The molecule has 0 radical (unpaired) electrons. The zero-order valence-electron chi connectivity index (χ0n) is 13.9. The number of hydrogen-bond donors (Lipinski definition) is 2. The lowest BCUT2D eigenvalue weighted by Gasteiger charge is -2.20. The lowest BCUT2D eigenvalue weighted by Crippen LogP contribution is -2.41. The Kier molecular flexibility index (Phi) is 9.50. The van der Waals surface area contributed by atoms with E-state index in [0.29, 0.717) is 19.7 Å². The molecule has 0 amide bonds. The summed E-state index contributed by atoms with van der Waals surface area (Å²) in [5.41, 5.74) is 1.16. The first-order valence-electron chi connectivity index (χ1n) is 7.90. The van der Waals surface area contributed by atoms with Gasteiger partial charge in [-0.3, -0.25) is 0 Å². The number of nitrogens with one attached hydrogen (secondary N) is 1. The Bertz CT molecular complexity index is 464. The van der Waals surface area contributed by atoms with Gasteiger partial charge in [0.2, 0.25) is 0 Å². The van der Waals surface area contributed by atoms with Crippen molar-refractivity contribution in [2.75, 3.05) is 33.9 Å². The van der Waals surface area contributed by atoms with E-state index >= 15 is 0 Å². The van der Waals surface area contributed by atoms with Gasteiger partial charge in [-0.15, -0.1) is 24.0 Å². The number of guanidine groups is 1. The predicted octanol–water partition coefficient (Wildman–Crippen LogP) is 2.10. The van der Waals surface area contributed by atoms with Crippen molar-refractivity contribution >= 4 is 29.9 Å². The molecule has 0 saturated heterocycles. The van der Waals surface area contributed by atoms with Crippen LogP contribution in [0.5, 0.6) is 0 Å². The summed E-state index contributed by atoms with van der Waals surface area (Å²) in [6.07, 6.45) is 2.02. The van der Waals surface area contributed by atoms with Gasteiger partial charge in [-0.05, 0) is 24.3 Å². The van der Waals surface area contributed by atoms with Crippen molar-refractivity contribution < 1.29 is 9.84 Å². The lowest BCUT2D eigenvalue weighted by atomic mass is 10.2. The molecule has 0 aliphatic heterocycles. The van der Waals surface area contributed by atoms with Crippen LogP contribution in [-0.2, 0) is 11.3 Å². The van der Waals surface area contributed by atoms with Crippen LogP contribution >= 0.6 is 24.0 Å². The zero-order valence-corrected chi connectivity index (χ0v) is 16.3. The summed E-state index contributed by atoms with van der Waals surface area (Å²) in [5.74, 6) is 1.50. The average molecular weight is 433 g/mol. The zero-order chi connectivity index (χ0) is 15.8. The van der Waals surface area contributed by atoms with Crippen LogP contribution in [-0.4, -0.2) is 55.9 Å². The Morgan fingerprint density at radius 2 is 2.04 bits per heavy atom. The van der Waals surface area contributed by atoms with Gasteiger partial charge in [-0.25, -0.2) is 4.99 Å². The number of aliphatic imine (C=N–C) groups is 1. The smallest absolute Gasteiger partial charge is 0.193 e.